The Morgan fingerprint density at radius 3 is 2.83 bits per heavy atom. The van der Waals surface area contributed by atoms with E-state index in [1.165, 1.54) is 0 Å². The third-order valence-corrected chi connectivity index (χ3v) is 3.15. The lowest BCUT2D eigenvalue weighted by molar-refractivity contribution is -0.142. The van der Waals surface area contributed by atoms with Gasteiger partial charge < -0.3 is 5.11 Å². The zero-order valence-corrected chi connectivity index (χ0v) is 10.5. The van der Waals surface area contributed by atoms with Gasteiger partial charge in [0.05, 0.1) is 5.52 Å². The van der Waals surface area contributed by atoms with Crippen molar-refractivity contribution in [2.24, 2.45) is 0 Å². The Kier molecular flexibility index (Phi) is 3.58. The zero-order chi connectivity index (χ0) is 13.1. The maximum absolute atomic E-state index is 10.9. The minimum atomic E-state index is -0.814. The summed E-state index contributed by atoms with van der Waals surface area (Å²) in [6.45, 7) is 2.25. The largest absolute Gasteiger partial charge is 0.480 e. The van der Waals surface area contributed by atoms with Crippen LogP contribution in [0.25, 0.3) is 10.9 Å². The van der Waals surface area contributed by atoms with Crippen LogP contribution < -0.4 is 0 Å². The van der Waals surface area contributed by atoms with Crippen molar-refractivity contribution in [2.45, 2.75) is 19.5 Å². The topological polar surface area (TPSA) is 53.4 Å². The average Bonchev–Trinajstić information content (AvgIpc) is 2.38. The van der Waals surface area contributed by atoms with E-state index in [2.05, 4.69) is 4.98 Å². The lowest BCUT2D eigenvalue weighted by atomic mass is 10.1. The van der Waals surface area contributed by atoms with E-state index in [-0.39, 0.29) is 0 Å². The van der Waals surface area contributed by atoms with Crippen LogP contribution in [0.3, 0.4) is 0 Å². The highest BCUT2D eigenvalue weighted by Crippen LogP contribution is 2.17. The second kappa shape index (κ2) is 5.14. The minimum absolute atomic E-state index is 0.510. The molecule has 4 nitrogen and oxygen atoms in total. The first-order valence-electron chi connectivity index (χ1n) is 5.85. The van der Waals surface area contributed by atoms with E-state index in [1.54, 1.807) is 25.1 Å². The molecule has 2 rings (SSSR count). The highest BCUT2D eigenvalue weighted by Gasteiger charge is 2.17. The summed E-state index contributed by atoms with van der Waals surface area (Å²) < 4.78 is 0. The molecule has 1 unspecified atom stereocenters. The van der Waals surface area contributed by atoms with E-state index in [0.717, 1.165) is 16.5 Å². The number of nitrogens with zero attached hydrogens (tertiary/aromatic N) is 2. The van der Waals surface area contributed by atoms with Gasteiger partial charge in [0.15, 0.2) is 0 Å². The molecule has 0 saturated heterocycles. The number of aliphatic carboxylic acids is 1. The molecule has 1 heterocycles. The van der Waals surface area contributed by atoms with Crippen LogP contribution in [-0.2, 0) is 11.3 Å². The second-order valence-electron chi connectivity index (χ2n) is 4.42. The molecule has 0 aliphatic rings. The molecule has 0 fully saturated rings. The van der Waals surface area contributed by atoms with E-state index >= 15 is 0 Å². The number of para-hydroxylation sites is 1. The fourth-order valence-corrected chi connectivity index (χ4v) is 1.89. The van der Waals surface area contributed by atoms with Crippen LogP contribution in [0.15, 0.2) is 36.5 Å². The molecule has 4 heteroatoms. The number of fused-ring (bicyclic) bond motifs is 1. The number of rotatable bonds is 4. The lowest BCUT2D eigenvalue weighted by Gasteiger charge is -2.21. The summed E-state index contributed by atoms with van der Waals surface area (Å²) in [6, 6.07) is 9.36. The van der Waals surface area contributed by atoms with Crippen molar-refractivity contribution in [3.8, 4) is 0 Å². The molecule has 0 saturated carbocycles. The van der Waals surface area contributed by atoms with Crippen molar-refractivity contribution in [3.05, 3.63) is 42.1 Å². The van der Waals surface area contributed by atoms with Crippen molar-refractivity contribution < 1.29 is 9.90 Å². The van der Waals surface area contributed by atoms with E-state index in [4.69, 9.17) is 5.11 Å². The predicted octanol–water partition coefficient (Wildman–Crippen LogP) is 2.14. The molecule has 2 aromatic rings. The Morgan fingerprint density at radius 2 is 2.11 bits per heavy atom. The fourth-order valence-electron chi connectivity index (χ4n) is 1.89. The first-order valence-corrected chi connectivity index (χ1v) is 5.85. The van der Waals surface area contributed by atoms with Gasteiger partial charge in [-0.1, -0.05) is 24.3 Å². The molecule has 1 aromatic heterocycles. The van der Waals surface area contributed by atoms with E-state index in [1.807, 2.05) is 30.3 Å². The van der Waals surface area contributed by atoms with Gasteiger partial charge in [-0.3, -0.25) is 14.7 Å². The van der Waals surface area contributed by atoms with Crippen LogP contribution in [-0.4, -0.2) is 34.0 Å². The van der Waals surface area contributed by atoms with Gasteiger partial charge in [0.1, 0.15) is 6.04 Å². The monoisotopic (exact) mass is 244 g/mol. The van der Waals surface area contributed by atoms with Crippen LogP contribution in [0.5, 0.6) is 0 Å². The molecular weight excluding hydrogens is 228 g/mol. The van der Waals surface area contributed by atoms with Crippen molar-refractivity contribution in [2.75, 3.05) is 7.05 Å². The van der Waals surface area contributed by atoms with Crippen LogP contribution in [0.1, 0.15) is 12.5 Å². The summed E-state index contributed by atoms with van der Waals surface area (Å²) in [5, 5.41) is 10.1. The smallest absolute Gasteiger partial charge is 0.320 e. The van der Waals surface area contributed by atoms with Gasteiger partial charge in [0.2, 0.25) is 0 Å². The molecule has 0 amide bonds. The number of hydrogen-bond donors (Lipinski definition) is 1. The summed E-state index contributed by atoms with van der Waals surface area (Å²) in [4.78, 5) is 17.1. The van der Waals surface area contributed by atoms with Gasteiger partial charge in [0, 0.05) is 18.1 Å². The lowest BCUT2D eigenvalue weighted by Crippen LogP contribution is -2.35. The first kappa shape index (κ1) is 12.5. The molecule has 18 heavy (non-hydrogen) atoms. The van der Waals surface area contributed by atoms with Gasteiger partial charge in [0.25, 0.3) is 0 Å². The molecule has 0 aliphatic heterocycles. The summed E-state index contributed by atoms with van der Waals surface area (Å²) in [6.07, 6.45) is 1.76. The number of carbonyl (C=O) groups is 1. The van der Waals surface area contributed by atoms with Gasteiger partial charge >= 0.3 is 5.97 Å². The molecule has 94 valence electrons. The van der Waals surface area contributed by atoms with Crippen LogP contribution in [0.2, 0.25) is 0 Å². The molecule has 1 N–H and O–H groups in total. The van der Waals surface area contributed by atoms with E-state index in [0.29, 0.717) is 6.54 Å². The van der Waals surface area contributed by atoms with Crippen molar-refractivity contribution in [3.63, 3.8) is 0 Å². The molecule has 1 atom stereocenters. The third-order valence-electron chi connectivity index (χ3n) is 3.15. The highest BCUT2D eigenvalue weighted by atomic mass is 16.4. The molecule has 0 radical (unpaired) electrons. The van der Waals surface area contributed by atoms with E-state index in [9.17, 15) is 4.79 Å². The maximum Gasteiger partial charge on any atom is 0.320 e. The highest BCUT2D eigenvalue weighted by molar-refractivity contribution is 5.81. The standard InChI is InChI=1S/C14H16N2O2/c1-10(14(17)18)16(2)9-12-6-3-5-11-7-4-8-15-13(11)12/h3-8,10H,9H2,1-2H3,(H,17,18). The van der Waals surface area contributed by atoms with Crippen molar-refractivity contribution in [1.82, 2.24) is 9.88 Å². The van der Waals surface area contributed by atoms with Gasteiger partial charge in [-0.15, -0.1) is 0 Å². The zero-order valence-electron chi connectivity index (χ0n) is 10.5. The summed E-state index contributed by atoms with van der Waals surface area (Å²) in [5.41, 5.74) is 1.98. The van der Waals surface area contributed by atoms with Gasteiger partial charge in [-0.25, -0.2) is 0 Å². The Balaban J connectivity index is 2.29. The number of pyridine rings is 1. The molecule has 0 aliphatic carbocycles. The minimum Gasteiger partial charge on any atom is -0.480 e. The van der Waals surface area contributed by atoms with Crippen molar-refractivity contribution in [1.29, 1.82) is 0 Å². The summed E-state index contributed by atoms with van der Waals surface area (Å²) >= 11 is 0. The number of carboxylic acids is 1. The van der Waals surface area contributed by atoms with E-state index < -0.39 is 12.0 Å². The number of benzene rings is 1. The Morgan fingerprint density at radius 1 is 1.39 bits per heavy atom. The Bertz CT molecular complexity index is 563. The number of likely N-dealkylation sites (N-methyl/N-ethyl adjacent to an activating group) is 1. The van der Waals surface area contributed by atoms with Crippen LogP contribution in [0.4, 0.5) is 0 Å². The summed E-state index contributed by atoms with van der Waals surface area (Å²) in [7, 11) is 1.81. The fraction of sp³-hybridized carbons (Fsp3) is 0.286. The SMILES string of the molecule is CC(C(=O)O)N(C)Cc1cccc2cccnc12. The maximum atomic E-state index is 10.9. The average molecular weight is 244 g/mol. The molecule has 0 bridgehead atoms. The Labute approximate surface area is 106 Å². The Hall–Kier alpha value is -1.94. The molecule has 0 spiro atoms. The molecule has 1 aromatic carbocycles. The normalized spacial score (nSPS) is 12.8. The predicted molar refractivity (Wildman–Crippen MR) is 70.3 cm³/mol. The quantitative estimate of drug-likeness (QED) is 0.895. The van der Waals surface area contributed by atoms with Crippen LogP contribution in [0, 0.1) is 0 Å². The second-order valence-corrected chi connectivity index (χ2v) is 4.42. The van der Waals surface area contributed by atoms with Gasteiger partial charge in [-0.2, -0.15) is 0 Å². The third kappa shape index (κ3) is 2.49. The van der Waals surface area contributed by atoms with Gasteiger partial charge in [-0.05, 0) is 25.6 Å². The molecular formula is C14H16N2O2. The number of hydrogen-bond acceptors (Lipinski definition) is 3. The van der Waals surface area contributed by atoms with Crippen LogP contribution >= 0.6 is 0 Å². The summed E-state index contributed by atoms with van der Waals surface area (Å²) in [5.74, 6) is -0.814. The van der Waals surface area contributed by atoms with Crippen molar-refractivity contribution >= 4 is 16.9 Å². The number of aromatic nitrogens is 1. The first-order chi connectivity index (χ1) is 8.59. The number of carboxylic acid groups (broad SMARTS) is 1.